The zero-order chi connectivity index (χ0) is 9.52. The highest BCUT2D eigenvalue weighted by atomic mass is 14.9. The minimum Gasteiger partial charge on any atom is -0.317 e. The minimum absolute atomic E-state index is 0.896. The van der Waals surface area contributed by atoms with Gasteiger partial charge in [0.05, 0.1) is 0 Å². The zero-order valence-electron chi connectivity index (χ0n) is 9.31. The van der Waals surface area contributed by atoms with Gasteiger partial charge in [0.1, 0.15) is 0 Å². The van der Waals surface area contributed by atoms with Crippen molar-refractivity contribution < 1.29 is 0 Å². The molecule has 0 unspecified atom stereocenters. The van der Waals surface area contributed by atoms with Crippen LogP contribution in [0.15, 0.2) is 0 Å². The van der Waals surface area contributed by atoms with E-state index in [1.807, 2.05) is 0 Å². The van der Waals surface area contributed by atoms with Crippen molar-refractivity contribution in [1.29, 1.82) is 0 Å². The van der Waals surface area contributed by atoms with Gasteiger partial charge in [0.2, 0.25) is 0 Å². The van der Waals surface area contributed by atoms with E-state index in [0.29, 0.717) is 0 Å². The average molecular weight is 183 g/mol. The zero-order valence-corrected chi connectivity index (χ0v) is 9.31. The summed E-state index contributed by atoms with van der Waals surface area (Å²) in [7, 11) is 0. The summed E-state index contributed by atoms with van der Waals surface area (Å²) in [5.41, 5.74) is 0. The van der Waals surface area contributed by atoms with Gasteiger partial charge in [0.25, 0.3) is 0 Å². The van der Waals surface area contributed by atoms with Crippen LogP contribution < -0.4 is 5.32 Å². The molecule has 0 saturated carbocycles. The van der Waals surface area contributed by atoms with Gasteiger partial charge in [-0.25, -0.2) is 0 Å². The van der Waals surface area contributed by atoms with Gasteiger partial charge in [-0.15, -0.1) is 0 Å². The summed E-state index contributed by atoms with van der Waals surface area (Å²) in [6.07, 6.45) is 8.65. The van der Waals surface area contributed by atoms with Gasteiger partial charge < -0.3 is 5.32 Å². The molecule has 1 rings (SSSR count). The second kappa shape index (κ2) is 6.42. The Bertz CT molecular complexity index is 114. The van der Waals surface area contributed by atoms with Crippen molar-refractivity contribution in [1.82, 2.24) is 5.32 Å². The van der Waals surface area contributed by atoms with E-state index in [1.54, 1.807) is 0 Å². The Labute approximate surface area is 83.3 Å². The lowest BCUT2D eigenvalue weighted by Crippen LogP contribution is -2.27. The van der Waals surface area contributed by atoms with Gasteiger partial charge in [-0.05, 0) is 37.8 Å². The average Bonchev–Trinajstić information content (AvgIpc) is 2.14. The van der Waals surface area contributed by atoms with Gasteiger partial charge in [0.15, 0.2) is 0 Å². The van der Waals surface area contributed by atoms with Gasteiger partial charge >= 0.3 is 0 Å². The highest BCUT2D eigenvalue weighted by molar-refractivity contribution is 4.68. The van der Waals surface area contributed by atoms with Crippen LogP contribution in [0.4, 0.5) is 0 Å². The largest absolute Gasteiger partial charge is 0.317 e. The first kappa shape index (κ1) is 11.0. The summed E-state index contributed by atoms with van der Waals surface area (Å²) in [6, 6.07) is 0. The maximum atomic E-state index is 3.42. The molecule has 1 saturated heterocycles. The molecule has 1 fully saturated rings. The van der Waals surface area contributed by atoms with Crippen LogP contribution in [0, 0.1) is 11.8 Å². The number of nitrogens with one attached hydrogen (secondary N) is 1. The molecular weight excluding hydrogens is 158 g/mol. The molecule has 1 aliphatic heterocycles. The van der Waals surface area contributed by atoms with Crippen molar-refractivity contribution in [3.8, 4) is 0 Å². The number of hydrogen-bond acceptors (Lipinski definition) is 1. The topological polar surface area (TPSA) is 12.0 Å². The van der Waals surface area contributed by atoms with E-state index >= 15 is 0 Å². The van der Waals surface area contributed by atoms with Crippen molar-refractivity contribution in [3.05, 3.63) is 0 Å². The van der Waals surface area contributed by atoms with Crippen molar-refractivity contribution in [3.63, 3.8) is 0 Å². The lowest BCUT2D eigenvalue weighted by atomic mass is 9.91. The van der Waals surface area contributed by atoms with Crippen LogP contribution in [0.1, 0.15) is 52.4 Å². The Hall–Kier alpha value is -0.0400. The van der Waals surface area contributed by atoms with E-state index < -0.39 is 0 Å². The summed E-state index contributed by atoms with van der Waals surface area (Å²) in [4.78, 5) is 0. The molecule has 0 aliphatic carbocycles. The highest BCUT2D eigenvalue weighted by Gasteiger charge is 2.11. The van der Waals surface area contributed by atoms with Crippen LogP contribution in [0.25, 0.3) is 0 Å². The molecule has 1 heterocycles. The monoisotopic (exact) mass is 183 g/mol. The van der Waals surface area contributed by atoms with Gasteiger partial charge in [-0.1, -0.05) is 39.5 Å². The first-order valence-electron chi connectivity index (χ1n) is 5.99. The van der Waals surface area contributed by atoms with Crippen LogP contribution in [-0.4, -0.2) is 13.1 Å². The fourth-order valence-electron chi connectivity index (χ4n) is 2.16. The van der Waals surface area contributed by atoms with E-state index in [-0.39, 0.29) is 0 Å². The van der Waals surface area contributed by atoms with Crippen molar-refractivity contribution >= 4 is 0 Å². The van der Waals surface area contributed by atoms with Crippen LogP contribution in [0.3, 0.4) is 0 Å². The maximum absolute atomic E-state index is 3.42. The second-order valence-corrected chi connectivity index (χ2v) is 4.87. The van der Waals surface area contributed by atoms with Crippen LogP contribution in [-0.2, 0) is 0 Å². The predicted octanol–water partition coefficient (Wildman–Crippen LogP) is 3.20. The molecule has 0 aromatic carbocycles. The summed E-state index contributed by atoms with van der Waals surface area (Å²) >= 11 is 0. The Kier molecular flexibility index (Phi) is 5.45. The molecule has 0 radical (unpaired) electrons. The minimum atomic E-state index is 0.896. The lowest BCUT2D eigenvalue weighted by molar-refractivity contribution is 0.339. The Morgan fingerprint density at radius 3 is 2.46 bits per heavy atom. The van der Waals surface area contributed by atoms with E-state index in [2.05, 4.69) is 19.2 Å². The molecule has 0 aromatic heterocycles. The molecule has 1 nitrogen and oxygen atoms in total. The fraction of sp³-hybridized carbons (Fsp3) is 1.00. The third kappa shape index (κ3) is 5.30. The van der Waals surface area contributed by atoms with Gasteiger partial charge in [-0.3, -0.25) is 0 Å². The number of piperidine rings is 1. The summed E-state index contributed by atoms with van der Waals surface area (Å²) in [5, 5.41) is 3.42. The number of rotatable bonds is 5. The second-order valence-electron chi connectivity index (χ2n) is 4.87. The molecule has 0 aromatic rings. The molecule has 0 spiro atoms. The van der Waals surface area contributed by atoms with Gasteiger partial charge in [0, 0.05) is 0 Å². The predicted molar refractivity (Wildman–Crippen MR) is 58.9 cm³/mol. The van der Waals surface area contributed by atoms with E-state index in [0.717, 1.165) is 11.8 Å². The van der Waals surface area contributed by atoms with E-state index in [4.69, 9.17) is 0 Å². The Balaban J connectivity index is 1.92. The van der Waals surface area contributed by atoms with Crippen LogP contribution >= 0.6 is 0 Å². The molecule has 0 amide bonds. The number of hydrogen-bond donors (Lipinski definition) is 1. The molecule has 78 valence electrons. The first-order chi connectivity index (χ1) is 6.29. The van der Waals surface area contributed by atoms with Crippen LogP contribution in [0.2, 0.25) is 0 Å². The fourth-order valence-corrected chi connectivity index (χ4v) is 2.16. The highest BCUT2D eigenvalue weighted by Crippen LogP contribution is 2.20. The van der Waals surface area contributed by atoms with E-state index in [1.165, 1.54) is 51.6 Å². The summed E-state index contributed by atoms with van der Waals surface area (Å²) in [5.74, 6) is 1.93. The summed E-state index contributed by atoms with van der Waals surface area (Å²) < 4.78 is 0. The Morgan fingerprint density at radius 2 is 1.85 bits per heavy atom. The Morgan fingerprint density at radius 1 is 1.15 bits per heavy atom. The maximum Gasteiger partial charge on any atom is -0.00463 e. The number of unbranched alkanes of at least 4 members (excludes halogenated alkanes) is 1. The molecule has 13 heavy (non-hydrogen) atoms. The van der Waals surface area contributed by atoms with Crippen molar-refractivity contribution in [2.24, 2.45) is 11.8 Å². The SMILES string of the molecule is CC(C)CCCCC1CCNCC1. The molecule has 0 bridgehead atoms. The molecule has 1 heteroatoms. The van der Waals surface area contributed by atoms with Gasteiger partial charge in [-0.2, -0.15) is 0 Å². The van der Waals surface area contributed by atoms with Crippen molar-refractivity contribution in [2.75, 3.05) is 13.1 Å². The third-order valence-electron chi connectivity index (χ3n) is 3.10. The van der Waals surface area contributed by atoms with E-state index in [9.17, 15) is 0 Å². The summed E-state index contributed by atoms with van der Waals surface area (Å²) in [6.45, 7) is 7.17. The third-order valence-corrected chi connectivity index (χ3v) is 3.10. The molecule has 0 atom stereocenters. The quantitative estimate of drug-likeness (QED) is 0.645. The smallest absolute Gasteiger partial charge is 0.00463 e. The normalized spacial score (nSPS) is 19.6. The lowest BCUT2D eigenvalue weighted by Gasteiger charge is -2.22. The standard InChI is InChI=1S/C12H25N/c1-11(2)5-3-4-6-12-7-9-13-10-8-12/h11-13H,3-10H2,1-2H3. The van der Waals surface area contributed by atoms with Crippen LogP contribution in [0.5, 0.6) is 0 Å². The first-order valence-corrected chi connectivity index (χ1v) is 5.99. The van der Waals surface area contributed by atoms with Crippen molar-refractivity contribution in [2.45, 2.75) is 52.4 Å². The molecule has 1 N–H and O–H groups in total. The molecule has 1 aliphatic rings. The molecular formula is C12H25N.